The summed E-state index contributed by atoms with van der Waals surface area (Å²) in [5.41, 5.74) is 5.70. The zero-order valence-electron chi connectivity index (χ0n) is 21.0. The van der Waals surface area contributed by atoms with Crippen LogP contribution in [-0.2, 0) is 16.6 Å². The van der Waals surface area contributed by atoms with Gasteiger partial charge >= 0.3 is 0 Å². The van der Waals surface area contributed by atoms with E-state index in [1.807, 2.05) is 56.3 Å². The van der Waals surface area contributed by atoms with Crippen LogP contribution in [-0.4, -0.2) is 35.7 Å². The SMILES string of the molecule is Cc1cccc(C)c1-c1cc2nc(n1)NS(=O)(=O)c1cccc(c1)C(=O)N1CCC(O2)c2ccccc2C1. The Bertz CT molecular complexity index is 1670. The summed E-state index contributed by atoms with van der Waals surface area (Å²) in [5, 5.41) is 0. The van der Waals surface area contributed by atoms with E-state index in [1.54, 1.807) is 23.1 Å². The van der Waals surface area contributed by atoms with E-state index in [2.05, 4.69) is 14.7 Å². The lowest BCUT2D eigenvalue weighted by Gasteiger charge is -2.22. The highest BCUT2D eigenvalue weighted by atomic mass is 32.2. The van der Waals surface area contributed by atoms with Crippen LogP contribution in [0.5, 0.6) is 5.88 Å². The number of amides is 1. The zero-order valence-corrected chi connectivity index (χ0v) is 21.8. The molecule has 0 saturated heterocycles. The molecule has 9 heteroatoms. The monoisotopic (exact) mass is 526 g/mol. The van der Waals surface area contributed by atoms with Gasteiger partial charge in [-0.25, -0.2) is 18.1 Å². The van der Waals surface area contributed by atoms with Gasteiger partial charge in [-0.05, 0) is 54.3 Å². The fraction of sp³-hybridized carbons (Fsp3) is 0.207. The molecule has 6 bridgehead atoms. The van der Waals surface area contributed by atoms with E-state index in [1.165, 1.54) is 12.1 Å². The van der Waals surface area contributed by atoms with Crippen molar-refractivity contribution in [2.75, 3.05) is 11.3 Å². The van der Waals surface area contributed by atoms with Crippen molar-refractivity contribution in [3.05, 3.63) is 101 Å². The lowest BCUT2D eigenvalue weighted by molar-refractivity contribution is 0.0728. The molecule has 2 aliphatic rings. The molecule has 0 spiro atoms. The van der Waals surface area contributed by atoms with E-state index in [0.29, 0.717) is 30.8 Å². The Kier molecular flexibility index (Phi) is 5.87. The number of nitrogens with one attached hydrogen (secondary N) is 1. The molecule has 2 aliphatic heterocycles. The molecule has 1 aromatic heterocycles. The maximum Gasteiger partial charge on any atom is 0.264 e. The van der Waals surface area contributed by atoms with Gasteiger partial charge in [-0.1, -0.05) is 48.5 Å². The van der Waals surface area contributed by atoms with Crippen molar-refractivity contribution < 1.29 is 17.9 Å². The van der Waals surface area contributed by atoms with Gasteiger partial charge in [0.2, 0.25) is 11.8 Å². The number of carbonyl (C=O) groups excluding carboxylic acids is 1. The Morgan fingerprint density at radius 1 is 0.947 bits per heavy atom. The average molecular weight is 527 g/mol. The van der Waals surface area contributed by atoms with Crippen molar-refractivity contribution >= 4 is 21.9 Å². The molecule has 0 aliphatic carbocycles. The summed E-state index contributed by atoms with van der Waals surface area (Å²) >= 11 is 0. The molecular weight excluding hydrogens is 500 g/mol. The van der Waals surface area contributed by atoms with Crippen LogP contribution in [0.1, 0.15) is 45.1 Å². The van der Waals surface area contributed by atoms with Crippen molar-refractivity contribution in [1.29, 1.82) is 0 Å². The van der Waals surface area contributed by atoms with Crippen molar-refractivity contribution in [1.82, 2.24) is 14.9 Å². The maximum atomic E-state index is 13.5. The van der Waals surface area contributed by atoms with E-state index in [-0.39, 0.29) is 28.7 Å². The van der Waals surface area contributed by atoms with Crippen LogP contribution in [0, 0.1) is 13.8 Å². The Labute approximate surface area is 221 Å². The molecule has 1 amide bonds. The molecule has 1 atom stereocenters. The van der Waals surface area contributed by atoms with Gasteiger partial charge in [-0.2, -0.15) is 4.98 Å². The van der Waals surface area contributed by atoms with Gasteiger partial charge in [0.1, 0.15) is 6.10 Å². The molecule has 0 fully saturated rings. The highest BCUT2D eigenvalue weighted by Crippen LogP contribution is 2.35. The minimum atomic E-state index is -4.09. The van der Waals surface area contributed by atoms with Crippen molar-refractivity contribution in [2.45, 2.75) is 37.8 Å². The Morgan fingerprint density at radius 2 is 1.71 bits per heavy atom. The lowest BCUT2D eigenvalue weighted by atomic mass is 10.00. The molecule has 1 unspecified atom stereocenters. The van der Waals surface area contributed by atoms with Gasteiger partial charge in [-0.15, -0.1) is 0 Å². The minimum Gasteiger partial charge on any atom is -0.469 e. The fourth-order valence-electron chi connectivity index (χ4n) is 5.18. The van der Waals surface area contributed by atoms with E-state index in [9.17, 15) is 13.2 Å². The first-order valence-electron chi connectivity index (χ1n) is 12.4. The molecule has 3 aromatic carbocycles. The van der Waals surface area contributed by atoms with Crippen LogP contribution < -0.4 is 9.46 Å². The normalized spacial score (nSPS) is 18.0. The quantitative estimate of drug-likeness (QED) is 0.373. The average Bonchev–Trinajstić information content (AvgIpc) is 3.07. The number of benzene rings is 3. The number of sulfonamides is 1. The molecular formula is C29H26N4O4S. The van der Waals surface area contributed by atoms with Gasteiger partial charge in [0.25, 0.3) is 15.9 Å². The molecule has 0 saturated carbocycles. The van der Waals surface area contributed by atoms with Crippen LogP contribution in [0.15, 0.2) is 77.7 Å². The largest absolute Gasteiger partial charge is 0.469 e. The predicted molar refractivity (Wildman–Crippen MR) is 143 cm³/mol. The topological polar surface area (TPSA) is 101 Å². The third-order valence-electron chi connectivity index (χ3n) is 7.03. The molecule has 4 aromatic rings. The summed E-state index contributed by atoms with van der Waals surface area (Å²) < 4.78 is 35.7. The zero-order chi connectivity index (χ0) is 26.4. The summed E-state index contributed by atoms with van der Waals surface area (Å²) in [6, 6.07) is 21.6. The second kappa shape index (κ2) is 9.25. The van der Waals surface area contributed by atoms with Crippen LogP contribution >= 0.6 is 0 Å². The number of hydrogen-bond acceptors (Lipinski definition) is 6. The van der Waals surface area contributed by atoms with E-state index >= 15 is 0 Å². The Morgan fingerprint density at radius 3 is 2.53 bits per heavy atom. The number of rotatable bonds is 1. The first-order valence-corrected chi connectivity index (χ1v) is 13.9. The molecule has 6 rings (SSSR count). The number of hydrogen-bond donors (Lipinski definition) is 1. The number of aryl methyl sites for hydroxylation is 2. The molecule has 8 nitrogen and oxygen atoms in total. The van der Waals surface area contributed by atoms with Crippen molar-refractivity contribution in [2.24, 2.45) is 0 Å². The first kappa shape index (κ1) is 24.1. The smallest absolute Gasteiger partial charge is 0.264 e. The predicted octanol–water partition coefficient (Wildman–Crippen LogP) is 5.04. The fourth-order valence-corrected chi connectivity index (χ4v) is 6.17. The number of carbonyl (C=O) groups is 1. The standard InChI is InChI=1S/C29H26N4O4S/c1-18-7-5-8-19(2)27(18)24-16-26-31-29(30-24)32-38(35,36)22-11-6-10-20(15-22)28(34)33-14-13-25(37-26)23-12-4-3-9-21(23)17-33/h3-12,15-16,25H,13-14,17H2,1-2H3,(H,30,31,32). The van der Waals surface area contributed by atoms with Gasteiger partial charge in [0.05, 0.1) is 10.6 Å². The maximum absolute atomic E-state index is 13.5. The highest BCUT2D eigenvalue weighted by Gasteiger charge is 2.29. The third-order valence-corrected chi connectivity index (χ3v) is 8.36. The third kappa shape index (κ3) is 4.39. The van der Waals surface area contributed by atoms with Crippen LogP contribution in [0.3, 0.4) is 0 Å². The number of fused-ring (bicyclic) bond motifs is 9. The number of aromatic nitrogens is 2. The number of nitrogens with zero attached hydrogens (tertiary/aromatic N) is 3. The summed E-state index contributed by atoms with van der Waals surface area (Å²) in [5.74, 6) is -0.0835. The Hall–Kier alpha value is -4.24. The van der Waals surface area contributed by atoms with Gasteiger partial charge in [0.15, 0.2) is 0 Å². The summed E-state index contributed by atoms with van der Waals surface area (Å²) in [6.45, 7) is 4.81. The van der Waals surface area contributed by atoms with Crippen molar-refractivity contribution in [3.63, 3.8) is 0 Å². The van der Waals surface area contributed by atoms with Gasteiger partial charge in [0, 0.05) is 36.7 Å². The van der Waals surface area contributed by atoms with E-state index in [4.69, 9.17) is 4.74 Å². The molecule has 0 radical (unpaired) electrons. The van der Waals surface area contributed by atoms with Gasteiger partial charge in [-0.3, -0.25) is 4.79 Å². The van der Waals surface area contributed by atoms with E-state index in [0.717, 1.165) is 27.8 Å². The number of ether oxygens (including phenoxy) is 1. The highest BCUT2D eigenvalue weighted by molar-refractivity contribution is 7.92. The van der Waals surface area contributed by atoms with Crippen molar-refractivity contribution in [3.8, 4) is 17.1 Å². The molecule has 1 N–H and O–H groups in total. The second-order valence-corrected chi connectivity index (χ2v) is 11.3. The second-order valence-electron chi connectivity index (χ2n) is 9.64. The summed E-state index contributed by atoms with van der Waals surface area (Å²) in [6.07, 6.45) is 0.162. The van der Waals surface area contributed by atoms with Crippen LogP contribution in [0.25, 0.3) is 11.3 Å². The lowest BCUT2D eigenvalue weighted by Crippen LogP contribution is -2.31. The van der Waals surface area contributed by atoms with Gasteiger partial charge < -0.3 is 9.64 Å². The minimum absolute atomic E-state index is 0.0444. The summed E-state index contributed by atoms with van der Waals surface area (Å²) in [7, 11) is -4.09. The van der Waals surface area contributed by atoms with Crippen LogP contribution in [0.2, 0.25) is 0 Å². The molecule has 192 valence electrons. The summed E-state index contributed by atoms with van der Waals surface area (Å²) in [4.78, 5) is 24.2. The Balaban J connectivity index is 1.57. The van der Waals surface area contributed by atoms with E-state index < -0.39 is 10.0 Å². The number of anilines is 1. The molecule has 38 heavy (non-hydrogen) atoms. The molecule has 3 heterocycles. The van der Waals surface area contributed by atoms with Crippen LogP contribution in [0.4, 0.5) is 5.95 Å². The first-order chi connectivity index (χ1) is 18.3.